The highest BCUT2D eigenvalue weighted by molar-refractivity contribution is 7.25. The Bertz CT molecular complexity index is 2440. The van der Waals surface area contributed by atoms with Gasteiger partial charge in [-0.25, -0.2) is 9.97 Å². The van der Waals surface area contributed by atoms with Crippen LogP contribution in [0.4, 0.5) is 0 Å². The minimum atomic E-state index is -0.531. The van der Waals surface area contributed by atoms with E-state index in [-0.39, 0.29) is 11.4 Å². The summed E-state index contributed by atoms with van der Waals surface area (Å²) >= 11 is 6.05. The lowest BCUT2D eigenvalue weighted by molar-refractivity contribution is 0.0163. The maximum absolute atomic E-state index is 9.38. The molecular formula is C42H32N6O4S4. The predicted octanol–water partition coefficient (Wildman–Crippen LogP) is 12.1. The number of nitrogens with zero attached hydrogens (tertiary/aromatic N) is 6. The molecule has 0 unspecified atom stereocenters. The summed E-state index contributed by atoms with van der Waals surface area (Å²) < 4.78 is 25.8. The molecule has 0 radical (unpaired) electrons. The molecule has 4 aliphatic rings. The number of fused-ring (bicyclic) bond motifs is 8. The van der Waals surface area contributed by atoms with Crippen molar-refractivity contribution in [2.75, 3.05) is 14.2 Å². The van der Waals surface area contributed by atoms with Gasteiger partial charge in [0.1, 0.15) is 73.3 Å². The third-order valence-corrected chi connectivity index (χ3v) is 15.6. The first-order valence-electron chi connectivity index (χ1n) is 18.3. The van der Waals surface area contributed by atoms with Crippen LogP contribution < -0.4 is 18.9 Å². The molecule has 4 aromatic heterocycles. The Labute approximate surface area is 340 Å². The predicted molar refractivity (Wildman–Crippen MR) is 220 cm³/mol. The number of benzene rings is 1. The van der Waals surface area contributed by atoms with Crippen LogP contribution in [0.2, 0.25) is 0 Å². The van der Waals surface area contributed by atoms with E-state index in [1.165, 1.54) is 33.8 Å². The molecule has 2 spiro atoms. The summed E-state index contributed by atoms with van der Waals surface area (Å²) in [5.74, 6) is 2.54. The highest BCUT2D eigenvalue weighted by Gasteiger charge is 2.49. The fraction of sp³-hybridized carbons (Fsp3) is 0.333. The number of allylic oxidation sites excluding steroid dienone is 1. The van der Waals surface area contributed by atoms with E-state index < -0.39 is 11.2 Å². The van der Waals surface area contributed by atoms with Crippen molar-refractivity contribution in [3.63, 3.8) is 0 Å². The summed E-state index contributed by atoms with van der Waals surface area (Å²) in [5, 5.41) is 20.3. The van der Waals surface area contributed by atoms with E-state index in [9.17, 15) is 10.5 Å². The number of rotatable bonds is 6. The Morgan fingerprint density at radius 2 is 1.12 bits per heavy atom. The highest BCUT2D eigenvalue weighted by Crippen LogP contribution is 2.61. The van der Waals surface area contributed by atoms with E-state index in [1.807, 2.05) is 24.3 Å². The molecule has 0 N–H and O–H groups in total. The van der Waals surface area contributed by atoms with E-state index in [1.54, 1.807) is 49.0 Å². The Kier molecular flexibility index (Phi) is 9.19. The van der Waals surface area contributed by atoms with Crippen molar-refractivity contribution >= 4 is 57.5 Å². The van der Waals surface area contributed by atoms with Crippen molar-refractivity contribution in [1.82, 2.24) is 9.97 Å². The molecule has 2 aliphatic heterocycles. The Morgan fingerprint density at radius 3 is 1.54 bits per heavy atom. The third-order valence-electron chi connectivity index (χ3n) is 11.0. The Hall–Kier alpha value is -5.48. The van der Waals surface area contributed by atoms with E-state index in [4.69, 9.17) is 42.1 Å². The maximum Gasteiger partial charge on any atom is 0.520 e. The largest absolute Gasteiger partial charge is 0.520 e. The SMILES string of the molecule is [C-]#[N+]C(=Cc1cc(OC)c(-c2nc3c(s2)-c2cc4c(cc2C2(CCCCC2)O3)-c2sc(-c3sc(C=C(C#N)C#N)cc3OC)nc2OC42CCCCC2)s1)[N+]#[C-]. The molecule has 2 saturated carbocycles. The molecule has 0 atom stereocenters. The van der Waals surface area contributed by atoms with Gasteiger partial charge in [-0.2, -0.15) is 20.2 Å². The van der Waals surface area contributed by atoms with Gasteiger partial charge in [-0.1, -0.05) is 12.8 Å². The summed E-state index contributed by atoms with van der Waals surface area (Å²) in [6.07, 6.45) is 13.2. The third kappa shape index (κ3) is 5.88. The Morgan fingerprint density at radius 1 is 0.679 bits per heavy atom. The standard InChI is InChI=1S/C42H32N6O4S4/c1-45-32(46-2)18-25-17-31(50-4)36(54-25)40-48-38-34(56-40)27-20-28-26(19-29(27)42(52-38)13-9-6-10-14-42)33-37(51-41(28)11-7-5-8-12-41)47-39(55-33)35-30(49-3)16-24(53-35)15-23(21-43)22-44/h15-20H,5-14H2,3-4H3. The van der Waals surface area contributed by atoms with Gasteiger partial charge in [-0.05, 0) is 81.7 Å². The minimum Gasteiger partial charge on any atom is -0.495 e. The van der Waals surface area contributed by atoms with E-state index in [0.29, 0.717) is 23.3 Å². The minimum absolute atomic E-state index is 0.00328. The monoisotopic (exact) mass is 812 g/mol. The number of thiophene rings is 2. The summed E-state index contributed by atoms with van der Waals surface area (Å²) in [4.78, 5) is 22.1. The maximum atomic E-state index is 9.38. The fourth-order valence-corrected chi connectivity index (χ4v) is 12.8. The number of methoxy groups -OCH3 is 2. The molecule has 0 saturated heterocycles. The smallest absolute Gasteiger partial charge is 0.495 e. The molecule has 56 heavy (non-hydrogen) atoms. The Balaban J connectivity index is 1.22. The van der Waals surface area contributed by atoms with Gasteiger partial charge in [0.15, 0.2) is 0 Å². The van der Waals surface area contributed by atoms with Crippen LogP contribution in [-0.2, 0) is 11.2 Å². The van der Waals surface area contributed by atoms with Crippen molar-refractivity contribution in [2.24, 2.45) is 0 Å². The van der Waals surface area contributed by atoms with Crippen LogP contribution in [0.3, 0.4) is 0 Å². The van der Waals surface area contributed by atoms with Gasteiger partial charge in [-0.15, -0.1) is 45.3 Å². The van der Waals surface area contributed by atoms with Gasteiger partial charge in [0.05, 0.1) is 24.0 Å². The summed E-state index contributed by atoms with van der Waals surface area (Å²) in [6, 6.07) is 12.3. The second kappa shape index (κ2) is 14.2. The van der Waals surface area contributed by atoms with Crippen LogP contribution in [-0.4, -0.2) is 24.2 Å². The average Bonchev–Trinajstić information content (AvgIpc) is 4.04. The molecule has 0 amide bonds. The van der Waals surface area contributed by atoms with E-state index in [0.717, 1.165) is 115 Å². The lowest BCUT2D eigenvalue weighted by Gasteiger charge is -2.45. The van der Waals surface area contributed by atoms with Crippen molar-refractivity contribution in [3.8, 4) is 76.0 Å². The lowest BCUT2D eigenvalue weighted by Crippen LogP contribution is -2.40. The van der Waals surface area contributed by atoms with Crippen LogP contribution in [0, 0.1) is 35.8 Å². The summed E-state index contributed by atoms with van der Waals surface area (Å²) in [6.45, 7) is 14.7. The first-order chi connectivity index (χ1) is 27.3. The first kappa shape index (κ1) is 36.2. The number of aromatic nitrogens is 2. The number of nitriles is 2. The van der Waals surface area contributed by atoms with Gasteiger partial charge in [0.2, 0.25) is 11.8 Å². The lowest BCUT2D eigenvalue weighted by atomic mass is 9.71. The molecule has 0 bridgehead atoms. The topological polar surface area (TPSA) is 119 Å². The van der Waals surface area contributed by atoms with Gasteiger partial charge >= 0.3 is 5.82 Å². The molecule has 1 aromatic carbocycles. The zero-order chi connectivity index (χ0) is 38.6. The van der Waals surface area contributed by atoms with Crippen LogP contribution in [0.15, 0.2) is 35.7 Å². The highest BCUT2D eigenvalue weighted by atomic mass is 32.1. The summed E-state index contributed by atoms with van der Waals surface area (Å²) in [5.41, 5.74) is 3.59. The molecule has 278 valence electrons. The molecule has 9 rings (SSSR count). The molecule has 2 aliphatic carbocycles. The van der Waals surface area contributed by atoms with Crippen molar-refractivity contribution in [3.05, 3.63) is 79.4 Å². The second-order valence-electron chi connectivity index (χ2n) is 14.2. The molecule has 5 aromatic rings. The van der Waals surface area contributed by atoms with Crippen molar-refractivity contribution in [2.45, 2.75) is 75.4 Å². The number of hydrogen-bond donors (Lipinski definition) is 0. The van der Waals surface area contributed by atoms with Crippen LogP contribution in [0.5, 0.6) is 23.3 Å². The quantitative estimate of drug-likeness (QED) is 0.123. The van der Waals surface area contributed by atoms with Crippen LogP contribution in [0.25, 0.3) is 62.5 Å². The fourth-order valence-electron chi connectivity index (χ4n) is 8.46. The van der Waals surface area contributed by atoms with Gasteiger partial charge in [0, 0.05) is 38.1 Å². The van der Waals surface area contributed by atoms with Crippen molar-refractivity contribution < 1.29 is 18.9 Å². The molecule has 6 heterocycles. The summed E-state index contributed by atoms with van der Waals surface area (Å²) in [7, 11) is 3.24. The van der Waals surface area contributed by atoms with E-state index >= 15 is 0 Å². The van der Waals surface area contributed by atoms with Gasteiger partial charge < -0.3 is 18.9 Å². The second-order valence-corrected chi connectivity index (χ2v) is 18.3. The van der Waals surface area contributed by atoms with Gasteiger partial charge in [0.25, 0.3) is 0 Å². The first-order valence-corrected chi connectivity index (χ1v) is 21.6. The van der Waals surface area contributed by atoms with Crippen molar-refractivity contribution in [1.29, 1.82) is 10.5 Å². The molecule has 14 heteroatoms. The molecule has 10 nitrogen and oxygen atoms in total. The number of ether oxygens (including phenoxy) is 4. The van der Waals surface area contributed by atoms with Gasteiger partial charge in [-0.3, -0.25) is 0 Å². The number of thiazole rings is 2. The zero-order valence-electron chi connectivity index (χ0n) is 30.5. The molecule has 2 fully saturated rings. The average molecular weight is 813 g/mol. The normalized spacial score (nSPS) is 16.5. The van der Waals surface area contributed by atoms with Crippen LogP contribution >= 0.6 is 45.3 Å². The van der Waals surface area contributed by atoms with Crippen LogP contribution in [0.1, 0.15) is 85.1 Å². The molecular weight excluding hydrogens is 781 g/mol. The zero-order valence-corrected chi connectivity index (χ0v) is 33.8. The van der Waals surface area contributed by atoms with E-state index in [2.05, 4.69) is 21.8 Å². The number of hydrogen-bond acceptors (Lipinski definition) is 12.